The molecule has 2 atom stereocenters. The zero-order valence-electron chi connectivity index (χ0n) is 10.6. The predicted molar refractivity (Wildman–Crippen MR) is 71.0 cm³/mol. The Morgan fingerprint density at radius 3 is 2.61 bits per heavy atom. The number of aliphatic hydroxyl groups excluding tert-OH is 1. The Bertz CT molecular complexity index is 436. The average molecular weight is 244 g/mol. The van der Waals surface area contributed by atoms with Crippen molar-refractivity contribution in [2.24, 2.45) is 0 Å². The lowest BCUT2D eigenvalue weighted by atomic mass is 9.93. The van der Waals surface area contributed by atoms with Crippen LogP contribution in [0.2, 0.25) is 0 Å². The molecule has 1 aliphatic carbocycles. The molecule has 1 heterocycles. The molecule has 1 aliphatic heterocycles. The quantitative estimate of drug-likeness (QED) is 0.815. The summed E-state index contributed by atoms with van der Waals surface area (Å²) < 4.78 is 6.15. The van der Waals surface area contributed by atoms with Gasteiger partial charge in [-0.2, -0.15) is 0 Å². The van der Waals surface area contributed by atoms with Gasteiger partial charge in [-0.1, -0.05) is 36.8 Å². The van der Waals surface area contributed by atoms with Crippen molar-refractivity contribution < 1.29 is 9.84 Å². The van der Waals surface area contributed by atoms with E-state index in [0.29, 0.717) is 6.42 Å². The molecule has 96 valence electrons. The predicted octanol–water partition coefficient (Wildman–Crippen LogP) is 3.73. The maximum Gasteiger partial charge on any atom is 0.126 e. The fourth-order valence-corrected chi connectivity index (χ4v) is 3.00. The van der Waals surface area contributed by atoms with E-state index in [-0.39, 0.29) is 12.2 Å². The molecule has 2 nitrogen and oxygen atoms in total. The van der Waals surface area contributed by atoms with Crippen LogP contribution < -0.4 is 0 Å². The second-order valence-electron chi connectivity index (χ2n) is 5.28. The van der Waals surface area contributed by atoms with Gasteiger partial charge in [-0.25, -0.2) is 0 Å². The maximum absolute atomic E-state index is 10.3. The van der Waals surface area contributed by atoms with Crippen molar-refractivity contribution in [3.05, 3.63) is 47.2 Å². The zero-order valence-corrected chi connectivity index (χ0v) is 10.6. The van der Waals surface area contributed by atoms with E-state index in [1.165, 1.54) is 30.4 Å². The first-order valence-electron chi connectivity index (χ1n) is 6.96. The lowest BCUT2D eigenvalue weighted by Gasteiger charge is -2.31. The molecule has 1 aromatic carbocycles. The molecule has 2 heteroatoms. The van der Waals surface area contributed by atoms with Gasteiger partial charge in [-0.05, 0) is 30.4 Å². The van der Waals surface area contributed by atoms with E-state index in [1.54, 1.807) is 0 Å². The second kappa shape index (κ2) is 5.15. The minimum Gasteiger partial charge on any atom is -0.490 e. The van der Waals surface area contributed by atoms with Crippen molar-refractivity contribution in [2.45, 2.75) is 50.7 Å². The normalized spacial score (nSPS) is 28.3. The van der Waals surface area contributed by atoms with Gasteiger partial charge < -0.3 is 9.84 Å². The zero-order chi connectivity index (χ0) is 12.4. The summed E-state index contributed by atoms with van der Waals surface area (Å²) in [6, 6.07) is 10.2. The van der Waals surface area contributed by atoms with Gasteiger partial charge in [0.05, 0.1) is 11.9 Å². The number of aliphatic hydroxyl groups is 1. The van der Waals surface area contributed by atoms with Crippen molar-refractivity contribution in [1.29, 1.82) is 0 Å². The molecule has 0 aromatic heterocycles. The number of hydrogen-bond donors (Lipinski definition) is 1. The highest BCUT2D eigenvalue weighted by Crippen LogP contribution is 2.39. The van der Waals surface area contributed by atoms with Gasteiger partial charge in [0.2, 0.25) is 0 Å². The summed E-state index contributed by atoms with van der Waals surface area (Å²) in [5.41, 5.74) is 2.34. The summed E-state index contributed by atoms with van der Waals surface area (Å²) in [5, 5.41) is 10.3. The SMILES string of the molecule is O[C@@H]1C[C@H](c2ccccc2)OC2=C1CCCCC2. The van der Waals surface area contributed by atoms with Crippen LogP contribution in [0.3, 0.4) is 0 Å². The van der Waals surface area contributed by atoms with E-state index >= 15 is 0 Å². The summed E-state index contributed by atoms with van der Waals surface area (Å²) in [6.07, 6.45) is 6.05. The molecule has 1 N–H and O–H groups in total. The Balaban J connectivity index is 1.84. The van der Waals surface area contributed by atoms with E-state index in [1.807, 2.05) is 18.2 Å². The molecule has 0 spiro atoms. The van der Waals surface area contributed by atoms with E-state index < -0.39 is 0 Å². The molecule has 0 unspecified atom stereocenters. The highest BCUT2D eigenvalue weighted by molar-refractivity contribution is 5.24. The highest BCUT2D eigenvalue weighted by atomic mass is 16.5. The average Bonchev–Trinajstić information content (AvgIpc) is 2.65. The van der Waals surface area contributed by atoms with Gasteiger partial charge in [0.1, 0.15) is 6.10 Å². The molecule has 0 bridgehead atoms. The molecule has 2 aliphatic rings. The van der Waals surface area contributed by atoms with Crippen molar-refractivity contribution in [1.82, 2.24) is 0 Å². The van der Waals surface area contributed by atoms with Gasteiger partial charge in [-0.3, -0.25) is 0 Å². The standard InChI is InChI=1S/C16H20O2/c17-14-11-16(12-7-3-1-4-8-12)18-15-10-6-2-5-9-13(14)15/h1,3-4,7-8,14,16-17H,2,5-6,9-11H2/t14-,16-/m1/s1. The summed E-state index contributed by atoms with van der Waals surface area (Å²) in [5.74, 6) is 1.07. The first kappa shape index (κ1) is 11.8. The van der Waals surface area contributed by atoms with Crippen molar-refractivity contribution in [3.63, 3.8) is 0 Å². The Labute approximate surface area is 108 Å². The first-order valence-corrected chi connectivity index (χ1v) is 6.96. The molecule has 0 amide bonds. The third-order valence-electron chi connectivity index (χ3n) is 4.00. The maximum atomic E-state index is 10.3. The van der Waals surface area contributed by atoms with Crippen LogP contribution in [0.25, 0.3) is 0 Å². The van der Waals surface area contributed by atoms with Crippen LogP contribution >= 0.6 is 0 Å². The van der Waals surface area contributed by atoms with Gasteiger partial charge in [0.15, 0.2) is 0 Å². The highest BCUT2D eigenvalue weighted by Gasteiger charge is 2.30. The van der Waals surface area contributed by atoms with Gasteiger partial charge >= 0.3 is 0 Å². The van der Waals surface area contributed by atoms with Crippen LogP contribution in [0, 0.1) is 0 Å². The van der Waals surface area contributed by atoms with Crippen molar-refractivity contribution in [2.75, 3.05) is 0 Å². The van der Waals surface area contributed by atoms with E-state index in [9.17, 15) is 5.11 Å². The fourth-order valence-electron chi connectivity index (χ4n) is 3.00. The molecule has 18 heavy (non-hydrogen) atoms. The number of allylic oxidation sites excluding steroid dienone is 1. The van der Waals surface area contributed by atoms with Gasteiger partial charge in [0.25, 0.3) is 0 Å². The summed E-state index contributed by atoms with van der Waals surface area (Å²) in [7, 11) is 0. The van der Waals surface area contributed by atoms with Crippen LogP contribution in [-0.4, -0.2) is 11.2 Å². The minimum atomic E-state index is -0.308. The molecule has 0 radical (unpaired) electrons. The van der Waals surface area contributed by atoms with Crippen LogP contribution in [0.1, 0.15) is 50.2 Å². The van der Waals surface area contributed by atoms with Crippen LogP contribution in [0.5, 0.6) is 0 Å². The van der Waals surface area contributed by atoms with Crippen molar-refractivity contribution >= 4 is 0 Å². The molecule has 0 saturated carbocycles. The summed E-state index contributed by atoms with van der Waals surface area (Å²) in [6.45, 7) is 0. The molecular formula is C16H20O2. The van der Waals surface area contributed by atoms with E-state index in [4.69, 9.17) is 4.74 Å². The largest absolute Gasteiger partial charge is 0.490 e. The third-order valence-corrected chi connectivity index (χ3v) is 4.00. The van der Waals surface area contributed by atoms with E-state index in [2.05, 4.69) is 12.1 Å². The second-order valence-corrected chi connectivity index (χ2v) is 5.28. The van der Waals surface area contributed by atoms with Crippen LogP contribution in [0.4, 0.5) is 0 Å². The molecule has 1 aromatic rings. The van der Waals surface area contributed by atoms with Crippen molar-refractivity contribution in [3.8, 4) is 0 Å². The Morgan fingerprint density at radius 2 is 1.78 bits per heavy atom. The minimum absolute atomic E-state index is 0.0260. The third kappa shape index (κ3) is 2.30. The summed E-state index contributed by atoms with van der Waals surface area (Å²) >= 11 is 0. The Hall–Kier alpha value is -1.28. The lowest BCUT2D eigenvalue weighted by molar-refractivity contribution is 0.0293. The number of ether oxygens (including phenoxy) is 1. The Morgan fingerprint density at radius 1 is 1.00 bits per heavy atom. The first-order chi connectivity index (χ1) is 8.84. The smallest absolute Gasteiger partial charge is 0.126 e. The number of hydrogen-bond acceptors (Lipinski definition) is 2. The Kier molecular flexibility index (Phi) is 3.37. The monoisotopic (exact) mass is 244 g/mol. The van der Waals surface area contributed by atoms with Crippen LogP contribution in [-0.2, 0) is 4.74 Å². The number of benzene rings is 1. The topological polar surface area (TPSA) is 29.5 Å². The summed E-state index contributed by atoms with van der Waals surface area (Å²) in [4.78, 5) is 0. The van der Waals surface area contributed by atoms with Crippen LogP contribution in [0.15, 0.2) is 41.7 Å². The van der Waals surface area contributed by atoms with E-state index in [0.717, 1.165) is 18.6 Å². The molecular weight excluding hydrogens is 224 g/mol. The number of rotatable bonds is 1. The fraction of sp³-hybridized carbons (Fsp3) is 0.500. The van der Waals surface area contributed by atoms with Gasteiger partial charge in [-0.15, -0.1) is 0 Å². The molecule has 0 fully saturated rings. The molecule has 0 saturated heterocycles. The lowest BCUT2D eigenvalue weighted by Crippen LogP contribution is -2.24. The molecule has 3 rings (SSSR count). The van der Waals surface area contributed by atoms with Gasteiger partial charge in [0, 0.05) is 12.8 Å².